The number of primary amides is 1. The predicted octanol–water partition coefficient (Wildman–Crippen LogP) is 7.64. The van der Waals surface area contributed by atoms with Gasteiger partial charge >= 0.3 is 12.1 Å². The van der Waals surface area contributed by atoms with Crippen LogP contribution in [0, 0.1) is 25.6 Å². The van der Waals surface area contributed by atoms with Crippen LogP contribution in [0.5, 0.6) is 0 Å². The van der Waals surface area contributed by atoms with Crippen molar-refractivity contribution in [2.75, 3.05) is 27.2 Å². The summed E-state index contributed by atoms with van der Waals surface area (Å²) < 4.78 is 73.2. The van der Waals surface area contributed by atoms with E-state index in [1.165, 1.54) is 18.2 Å². The van der Waals surface area contributed by atoms with Gasteiger partial charge in [-0.1, -0.05) is 32.1 Å². The number of rotatable bonds is 14. The Balaban J connectivity index is 0.000000480. The van der Waals surface area contributed by atoms with Gasteiger partial charge in [0.1, 0.15) is 17.7 Å². The van der Waals surface area contributed by atoms with Crippen molar-refractivity contribution < 1.29 is 36.3 Å². The number of benzene rings is 1. The number of hydrogen-bond donors (Lipinski definition) is 1. The Morgan fingerprint density at radius 1 is 1.08 bits per heavy atom. The van der Waals surface area contributed by atoms with E-state index < -0.39 is 41.0 Å². The minimum atomic E-state index is -4.62. The van der Waals surface area contributed by atoms with Crippen LogP contribution in [-0.2, 0) is 26.9 Å². The van der Waals surface area contributed by atoms with Crippen molar-refractivity contribution in [1.82, 2.24) is 9.47 Å². The van der Waals surface area contributed by atoms with E-state index in [4.69, 9.17) is 10.5 Å². The average molecular weight is 682 g/mol. The fraction of sp³-hybridized carbons (Fsp3) is 0.472. The number of allylic oxidation sites excluding steroid dienone is 5. The van der Waals surface area contributed by atoms with E-state index in [1.54, 1.807) is 52.8 Å². The molecule has 48 heavy (non-hydrogen) atoms. The Morgan fingerprint density at radius 2 is 1.67 bits per heavy atom. The molecule has 1 unspecified atom stereocenters. The molecule has 0 saturated heterocycles. The van der Waals surface area contributed by atoms with Crippen LogP contribution in [0.4, 0.5) is 22.0 Å². The number of halogens is 5. The Bertz CT molecular complexity index is 1530. The lowest BCUT2D eigenvalue weighted by atomic mass is 9.93. The number of esters is 1. The zero-order valence-electron chi connectivity index (χ0n) is 29.1. The summed E-state index contributed by atoms with van der Waals surface area (Å²) in [5.74, 6) is -1.86. The van der Waals surface area contributed by atoms with E-state index in [9.17, 15) is 36.3 Å². The maximum atomic E-state index is 14.2. The summed E-state index contributed by atoms with van der Waals surface area (Å²) in [6.45, 7) is 15.2. The zero-order valence-corrected chi connectivity index (χ0v) is 29.1. The number of aromatic nitrogens is 1. The number of alkyl halides is 3. The van der Waals surface area contributed by atoms with Crippen LogP contribution in [0.15, 0.2) is 59.3 Å². The van der Waals surface area contributed by atoms with Gasteiger partial charge in [-0.2, -0.15) is 13.2 Å². The lowest BCUT2D eigenvalue weighted by Crippen LogP contribution is -2.35. The van der Waals surface area contributed by atoms with Crippen LogP contribution in [0.1, 0.15) is 80.8 Å². The number of hydrogen-bond acceptors (Lipinski definition) is 5. The van der Waals surface area contributed by atoms with E-state index in [0.29, 0.717) is 18.2 Å². The average Bonchev–Trinajstić information content (AvgIpc) is 2.93. The molecule has 0 fully saturated rings. The minimum absolute atomic E-state index is 0.0160. The number of ether oxygens (including phenoxy) is 1. The van der Waals surface area contributed by atoms with E-state index in [1.807, 2.05) is 13.8 Å². The first-order chi connectivity index (χ1) is 22.2. The van der Waals surface area contributed by atoms with Gasteiger partial charge in [0.25, 0.3) is 5.56 Å². The number of nitrogens with two attached hydrogens (primary N) is 1. The van der Waals surface area contributed by atoms with Gasteiger partial charge in [-0.15, -0.1) is 0 Å². The maximum Gasteiger partial charge on any atom is 0.416 e. The molecule has 266 valence electrons. The third-order valence-corrected chi connectivity index (χ3v) is 7.03. The second-order valence-corrected chi connectivity index (χ2v) is 12.3. The van der Waals surface area contributed by atoms with Crippen LogP contribution < -0.4 is 11.3 Å². The molecule has 1 aromatic carbocycles. The molecule has 1 atom stereocenters. The first-order valence-corrected chi connectivity index (χ1v) is 15.6. The van der Waals surface area contributed by atoms with Gasteiger partial charge in [0, 0.05) is 25.2 Å². The van der Waals surface area contributed by atoms with Gasteiger partial charge < -0.3 is 19.9 Å². The van der Waals surface area contributed by atoms with Crippen molar-refractivity contribution >= 4 is 17.4 Å². The van der Waals surface area contributed by atoms with Gasteiger partial charge in [0.05, 0.1) is 18.6 Å². The van der Waals surface area contributed by atoms with Crippen LogP contribution in [0.2, 0.25) is 0 Å². The van der Waals surface area contributed by atoms with Crippen molar-refractivity contribution in [1.29, 1.82) is 0 Å². The molecule has 1 aromatic heterocycles. The summed E-state index contributed by atoms with van der Waals surface area (Å²) in [7, 11) is 3.49. The van der Waals surface area contributed by atoms with Crippen molar-refractivity contribution in [3.63, 3.8) is 0 Å². The predicted molar refractivity (Wildman–Crippen MR) is 179 cm³/mol. The highest BCUT2D eigenvalue weighted by Crippen LogP contribution is 2.32. The van der Waals surface area contributed by atoms with E-state index in [0.717, 1.165) is 33.0 Å². The highest BCUT2D eigenvalue weighted by atomic mass is 19.4. The Labute approximate surface area is 280 Å². The summed E-state index contributed by atoms with van der Waals surface area (Å²) in [5.41, 5.74) is 7.06. The van der Waals surface area contributed by atoms with Crippen LogP contribution in [0.3, 0.4) is 0 Å². The number of carbonyl (C=O) groups is 2. The summed E-state index contributed by atoms with van der Waals surface area (Å²) in [6.07, 6.45) is -0.0302. The second kappa shape index (κ2) is 19.1. The van der Waals surface area contributed by atoms with E-state index in [-0.39, 0.29) is 49.6 Å². The molecule has 1 heterocycles. The molecule has 0 spiro atoms. The Kier molecular flexibility index (Phi) is 16.7. The topological polar surface area (TPSA) is 94.6 Å². The smallest absolute Gasteiger partial charge is 0.416 e. The molecule has 0 aliphatic heterocycles. The number of amides is 1. The molecule has 0 radical (unpaired) electrons. The summed E-state index contributed by atoms with van der Waals surface area (Å²) in [6, 6.07) is 2.43. The van der Waals surface area contributed by atoms with Gasteiger partial charge in [-0.25, -0.2) is 8.78 Å². The van der Waals surface area contributed by atoms with Crippen molar-refractivity contribution in [2.24, 2.45) is 11.7 Å². The van der Waals surface area contributed by atoms with E-state index >= 15 is 0 Å². The number of likely N-dealkylation sites (N-methyl/N-ethyl adjacent to an activating group) is 1. The molecule has 7 nitrogen and oxygen atoms in total. The van der Waals surface area contributed by atoms with Gasteiger partial charge in [0.2, 0.25) is 5.91 Å². The number of aryl methyl sites for hydroxylation is 2. The largest absolute Gasteiger partial charge is 0.466 e. The Morgan fingerprint density at radius 3 is 2.12 bits per heavy atom. The molecule has 0 aliphatic carbocycles. The molecule has 12 heteroatoms. The first kappa shape index (κ1) is 42.0. The molecule has 2 aromatic rings. The molecule has 1 amide bonds. The van der Waals surface area contributed by atoms with Crippen LogP contribution in [0.25, 0.3) is 5.57 Å². The molecule has 2 rings (SSSR count). The SMILES string of the molecule is C=C(C)/C=C(\C=C(/F)CCC(=O)OCC)c1c(C)cc(F)cc1C.CC(C)CC(C(N)=O)n1cc(CCN(C)C)c(C(F)(F)F)cc1=O. The highest BCUT2D eigenvalue weighted by Gasteiger charge is 2.35. The maximum absolute atomic E-state index is 14.2. The number of pyridine rings is 1. The van der Waals surface area contributed by atoms with Gasteiger partial charge in [-0.3, -0.25) is 14.4 Å². The summed E-state index contributed by atoms with van der Waals surface area (Å²) in [4.78, 5) is 36.9. The third-order valence-electron chi connectivity index (χ3n) is 7.03. The fourth-order valence-corrected chi connectivity index (χ4v) is 4.97. The molecule has 2 N–H and O–H groups in total. The lowest BCUT2D eigenvalue weighted by molar-refractivity contribution is -0.143. The first-order valence-electron chi connectivity index (χ1n) is 15.6. The number of carbonyl (C=O) groups excluding carboxylic acids is 2. The summed E-state index contributed by atoms with van der Waals surface area (Å²) in [5, 5.41) is 0. The van der Waals surface area contributed by atoms with Gasteiger partial charge in [-0.05, 0) is 107 Å². The number of nitrogens with zero attached hydrogens (tertiary/aromatic N) is 2. The van der Waals surface area contributed by atoms with E-state index in [2.05, 4.69) is 6.58 Å². The zero-order chi connectivity index (χ0) is 36.9. The quantitative estimate of drug-likeness (QED) is 0.126. The molecule has 0 aliphatic rings. The van der Waals surface area contributed by atoms with Crippen LogP contribution in [-0.4, -0.2) is 48.6 Å². The molecular formula is C36H48F5N3O4. The normalized spacial score (nSPS) is 12.9. The second-order valence-electron chi connectivity index (χ2n) is 12.3. The minimum Gasteiger partial charge on any atom is -0.466 e. The van der Waals surface area contributed by atoms with Crippen molar-refractivity contribution in [2.45, 2.75) is 79.4 Å². The standard InChI is InChI=1S/C20H24F2O2.C16H24F3N3O2/c1-6-24-19(23)8-7-17(21)12-16(9-13(2)3)20-14(4)10-18(22)11-15(20)5;1-10(2)7-13(15(20)24)22-9-11(5-6-21(3)4)12(8-14(22)23)16(17,18)19/h9-12H,2,6-8H2,1,3-5H3;8-10,13H,5-7H2,1-4H3,(H2,20,24)/b16-9+,17-12-;. The van der Waals surface area contributed by atoms with Crippen molar-refractivity contribution in [3.8, 4) is 0 Å². The fourth-order valence-electron chi connectivity index (χ4n) is 4.97. The lowest BCUT2D eigenvalue weighted by Gasteiger charge is -2.22. The molecular weight excluding hydrogens is 633 g/mol. The molecule has 0 bridgehead atoms. The highest BCUT2D eigenvalue weighted by molar-refractivity contribution is 5.80. The molecule has 0 saturated carbocycles. The van der Waals surface area contributed by atoms with Crippen LogP contribution >= 0.6 is 0 Å². The van der Waals surface area contributed by atoms with Gasteiger partial charge in [0.15, 0.2) is 0 Å². The van der Waals surface area contributed by atoms with Crippen molar-refractivity contribution in [3.05, 3.63) is 98.5 Å². The summed E-state index contributed by atoms with van der Waals surface area (Å²) >= 11 is 0. The monoisotopic (exact) mass is 681 g/mol. The third kappa shape index (κ3) is 14.0. The Hall–Kier alpha value is -4.06.